The Labute approximate surface area is 126 Å². The van der Waals surface area contributed by atoms with Crippen LogP contribution >= 0.6 is 22.9 Å². The number of nitrogens with one attached hydrogen (secondary N) is 1. The molecule has 0 saturated heterocycles. The number of benzene rings is 1. The minimum absolute atomic E-state index is 0.0661. The number of hydrogen-bond acceptors (Lipinski definition) is 5. The molecule has 0 bridgehead atoms. The van der Waals surface area contributed by atoms with Crippen molar-refractivity contribution >= 4 is 38.1 Å². The van der Waals surface area contributed by atoms with Gasteiger partial charge in [0, 0.05) is 23.4 Å². The second-order valence-electron chi connectivity index (χ2n) is 4.21. The minimum Gasteiger partial charge on any atom is -0.375 e. The lowest BCUT2D eigenvalue weighted by atomic mass is 10.2. The maximum atomic E-state index is 11.9. The van der Waals surface area contributed by atoms with Crippen molar-refractivity contribution in [3.05, 3.63) is 45.9 Å². The van der Waals surface area contributed by atoms with Gasteiger partial charge in [0.1, 0.15) is 0 Å². The monoisotopic (exact) mass is 331 g/mol. The summed E-state index contributed by atoms with van der Waals surface area (Å²) >= 11 is 7.10. The fraction of sp³-hybridized carbons (Fsp3) is 0.250. The highest BCUT2D eigenvalue weighted by Crippen LogP contribution is 2.12. The lowest BCUT2D eigenvalue weighted by molar-refractivity contribution is 0.580. The first-order chi connectivity index (χ1) is 9.44. The van der Waals surface area contributed by atoms with E-state index in [1.54, 1.807) is 24.3 Å². The highest BCUT2D eigenvalue weighted by molar-refractivity contribution is 7.88. The number of nitrogens with zero attached hydrogens (tertiary/aromatic N) is 1. The van der Waals surface area contributed by atoms with Gasteiger partial charge in [0.25, 0.3) is 0 Å². The lowest BCUT2D eigenvalue weighted by Crippen LogP contribution is -2.27. The molecule has 0 saturated carbocycles. The van der Waals surface area contributed by atoms with Crippen LogP contribution in [0.3, 0.4) is 0 Å². The number of aromatic nitrogens is 1. The van der Waals surface area contributed by atoms with Crippen LogP contribution in [0.5, 0.6) is 0 Å². The van der Waals surface area contributed by atoms with Crippen LogP contribution in [0.15, 0.2) is 29.6 Å². The van der Waals surface area contributed by atoms with Gasteiger partial charge < -0.3 is 5.73 Å². The first kappa shape index (κ1) is 15.2. The van der Waals surface area contributed by atoms with Crippen LogP contribution in [-0.2, 0) is 22.2 Å². The maximum absolute atomic E-state index is 11.9. The quantitative estimate of drug-likeness (QED) is 0.848. The van der Waals surface area contributed by atoms with Gasteiger partial charge in [0.05, 0.1) is 11.4 Å². The van der Waals surface area contributed by atoms with Crippen LogP contribution in [0.2, 0.25) is 5.02 Å². The molecule has 2 aromatic rings. The van der Waals surface area contributed by atoms with E-state index < -0.39 is 10.0 Å². The topological polar surface area (TPSA) is 85.1 Å². The molecule has 3 N–H and O–H groups in total. The average Bonchev–Trinajstić information content (AvgIpc) is 2.77. The number of sulfonamides is 1. The number of rotatable bonds is 6. The summed E-state index contributed by atoms with van der Waals surface area (Å²) in [5.74, 6) is -0.0661. The number of nitrogens with two attached hydrogens (primary N) is 1. The summed E-state index contributed by atoms with van der Waals surface area (Å²) in [5.41, 5.74) is 7.00. The van der Waals surface area contributed by atoms with Crippen molar-refractivity contribution in [1.82, 2.24) is 9.71 Å². The Morgan fingerprint density at radius 2 is 2.00 bits per heavy atom. The van der Waals surface area contributed by atoms with Crippen molar-refractivity contribution < 1.29 is 8.42 Å². The van der Waals surface area contributed by atoms with E-state index in [-0.39, 0.29) is 5.75 Å². The van der Waals surface area contributed by atoms with E-state index in [0.29, 0.717) is 28.7 Å². The zero-order valence-corrected chi connectivity index (χ0v) is 12.9. The molecule has 0 aliphatic carbocycles. The maximum Gasteiger partial charge on any atom is 0.215 e. The van der Waals surface area contributed by atoms with E-state index in [1.165, 1.54) is 11.3 Å². The van der Waals surface area contributed by atoms with Crippen LogP contribution in [0.1, 0.15) is 11.3 Å². The van der Waals surface area contributed by atoms with Gasteiger partial charge in [-0.25, -0.2) is 18.1 Å². The number of thiazole rings is 1. The molecule has 2 rings (SSSR count). The standard InChI is InChI=1S/C12H14ClN3O2S2/c13-10-3-1-9(2-4-10)8-20(17,18)15-6-5-11-7-19-12(14)16-11/h1-4,7,15H,5-6,8H2,(H2,14,16). The fourth-order valence-corrected chi connectivity index (χ4v) is 3.49. The summed E-state index contributed by atoms with van der Waals surface area (Å²) in [7, 11) is -3.36. The third kappa shape index (κ3) is 4.75. The molecule has 0 spiro atoms. The molecule has 1 heterocycles. The Balaban J connectivity index is 1.86. The molecular formula is C12H14ClN3O2S2. The molecular weight excluding hydrogens is 318 g/mol. The first-order valence-corrected chi connectivity index (χ1v) is 8.77. The van der Waals surface area contributed by atoms with Gasteiger partial charge in [0.2, 0.25) is 10.0 Å². The summed E-state index contributed by atoms with van der Waals surface area (Å²) in [6.45, 7) is 0.305. The molecule has 20 heavy (non-hydrogen) atoms. The molecule has 0 amide bonds. The van der Waals surface area contributed by atoms with E-state index >= 15 is 0 Å². The third-order valence-electron chi connectivity index (χ3n) is 2.54. The van der Waals surface area contributed by atoms with Gasteiger partial charge >= 0.3 is 0 Å². The molecule has 0 unspecified atom stereocenters. The van der Waals surface area contributed by atoms with E-state index in [0.717, 1.165) is 5.69 Å². The minimum atomic E-state index is -3.36. The molecule has 0 atom stereocenters. The van der Waals surface area contributed by atoms with E-state index in [9.17, 15) is 8.42 Å². The highest BCUT2D eigenvalue weighted by Gasteiger charge is 2.11. The Hall–Kier alpha value is -1.15. The van der Waals surface area contributed by atoms with Crippen molar-refractivity contribution in [3.63, 3.8) is 0 Å². The second kappa shape index (κ2) is 6.53. The highest BCUT2D eigenvalue weighted by atomic mass is 35.5. The van der Waals surface area contributed by atoms with Crippen LogP contribution in [-0.4, -0.2) is 19.9 Å². The first-order valence-electron chi connectivity index (χ1n) is 5.86. The van der Waals surface area contributed by atoms with E-state index in [4.69, 9.17) is 17.3 Å². The molecule has 1 aromatic carbocycles. The lowest BCUT2D eigenvalue weighted by Gasteiger charge is -2.06. The fourth-order valence-electron chi connectivity index (χ4n) is 1.62. The third-order valence-corrected chi connectivity index (χ3v) is 4.87. The number of anilines is 1. The normalized spacial score (nSPS) is 11.7. The summed E-state index contributed by atoms with van der Waals surface area (Å²) in [5, 5.41) is 2.90. The van der Waals surface area contributed by atoms with Crippen molar-refractivity contribution in [3.8, 4) is 0 Å². The molecule has 0 fully saturated rings. The predicted octanol–water partition coefficient (Wildman–Crippen LogP) is 2.04. The summed E-state index contributed by atoms with van der Waals surface area (Å²) in [6, 6.07) is 6.74. The van der Waals surface area contributed by atoms with Crippen molar-refractivity contribution in [2.45, 2.75) is 12.2 Å². The molecule has 108 valence electrons. The summed E-state index contributed by atoms with van der Waals surface area (Å²) in [4.78, 5) is 4.07. The summed E-state index contributed by atoms with van der Waals surface area (Å²) < 4.78 is 26.3. The molecule has 5 nitrogen and oxygen atoms in total. The van der Waals surface area contributed by atoms with Crippen LogP contribution in [0, 0.1) is 0 Å². The Morgan fingerprint density at radius 1 is 1.30 bits per heavy atom. The zero-order valence-electron chi connectivity index (χ0n) is 10.5. The molecule has 0 aliphatic rings. The molecule has 0 radical (unpaired) electrons. The van der Waals surface area contributed by atoms with Crippen molar-refractivity contribution in [2.24, 2.45) is 0 Å². The van der Waals surface area contributed by atoms with E-state index in [1.807, 2.05) is 5.38 Å². The van der Waals surface area contributed by atoms with Crippen LogP contribution in [0.25, 0.3) is 0 Å². The Kier molecular flexibility index (Phi) is 4.98. The Bertz CT molecular complexity index is 668. The smallest absolute Gasteiger partial charge is 0.215 e. The van der Waals surface area contributed by atoms with Gasteiger partial charge in [-0.3, -0.25) is 0 Å². The average molecular weight is 332 g/mol. The summed E-state index contributed by atoms with van der Waals surface area (Å²) in [6.07, 6.45) is 0.521. The zero-order chi connectivity index (χ0) is 14.6. The predicted molar refractivity (Wildman–Crippen MR) is 82.3 cm³/mol. The Morgan fingerprint density at radius 3 is 2.60 bits per heavy atom. The van der Waals surface area contributed by atoms with Gasteiger partial charge in [-0.2, -0.15) is 0 Å². The van der Waals surface area contributed by atoms with E-state index in [2.05, 4.69) is 9.71 Å². The largest absolute Gasteiger partial charge is 0.375 e. The SMILES string of the molecule is Nc1nc(CCNS(=O)(=O)Cc2ccc(Cl)cc2)cs1. The molecule has 8 heteroatoms. The van der Waals surface area contributed by atoms with Crippen LogP contribution < -0.4 is 10.5 Å². The van der Waals surface area contributed by atoms with Gasteiger partial charge in [-0.15, -0.1) is 11.3 Å². The number of hydrogen-bond donors (Lipinski definition) is 2. The molecule has 0 aliphatic heterocycles. The van der Waals surface area contributed by atoms with Gasteiger partial charge in [-0.1, -0.05) is 23.7 Å². The number of halogens is 1. The van der Waals surface area contributed by atoms with Crippen molar-refractivity contribution in [2.75, 3.05) is 12.3 Å². The van der Waals surface area contributed by atoms with Crippen molar-refractivity contribution in [1.29, 1.82) is 0 Å². The molecule has 1 aromatic heterocycles. The van der Waals surface area contributed by atoms with Gasteiger partial charge in [0.15, 0.2) is 5.13 Å². The van der Waals surface area contributed by atoms with Gasteiger partial charge in [-0.05, 0) is 17.7 Å². The second-order valence-corrected chi connectivity index (χ2v) is 7.34. The van der Waals surface area contributed by atoms with Crippen LogP contribution in [0.4, 0.5) is 5.13 Å². The number of nitrogen functional groups attached to an aromatic ring is 1.